The third-order valence-corrected chi connectivity index (χ3v) is 2.71. The van der Waals surface area contributed by atoms with E-state index in [9.17, 15) is 0 Å². The van der Waals surface area contributed by atoms with Crippen LogP contribution in [0.3, 0.4) is 0 Å². The Labute approximate surface area is 126 Å². The first-order chi connectivity index (χ1) is 10.7. The molecule has 110 valence electrons. The van der Waals surface area contributed by atoms with Crippen LogP contribution in [0.25, 0.3) is 11.1 Å². The van der Waals surface area contributed by atoms with Crippen LogP contribution in [-0.2, 0) is 0 Å². The van der Waals surface area contributed by atoms with Gasteiger partial charge in [0.05, 0.1) is 0 Å². The molecule has 0 amide bonds. The quantitative estimate of drug-likeness (QED) is 0.222. The lowest BCUT2D eigenvalue weighted by Gasteiger charge is -2.06. The number of nitrogens with one attached hydrogen (secondary N) is 3. The van der Waals surface area contributed by atoms with Gasteiger partial charge in [-0.15, -0.1) is 5.11 Å². The summed E-state index contributed by atoms with van der Waals surface area (Å²) in [4.78, 5) is 3.65. The zero-order chi connectivity index (χ0) is 15.8. The van der Waals surface area contributed by atoms with Crippen molar-refractivity contribution >= 4 is 17.6 Å². The van der Waals surface area contributed by atoms with Gasteiger partial charge >= 0.3 is 0 Å². The molecule has 2 aromatic rings. The van der Waals surface area contributed by atoms with Crippen LogP contribution in [0, 0.1) is 10.9 Å². The van der Waals surface area contributed by atoms with Gasteiger partial charge in [0, 0.05) is 5.69 Å². The maximum Gasteiger partial charge on any atom is 0.292 e. The van der Waals surface area contributed by atoms with Crippen molar-refractivity contribution in [2.45, 2.75) is 0 Å². The highest BCUT2D eigenvalue weighted by atomic mass is 15.4. The topological polar surface area (TPSA) is 135 Å². The minimum absolute atomic E-state index is 0.217. The van der Waals surface area contributed by atoms with Crippen molar-refractivity contribution in [2.24, 2.45) is 26.3 Å². The van der Waals surface area contributed by atoms with Crippen LogP contribution in [0.5, 0.6) is 0 Å². The average molecular weight is 294 g/mol. The fraction of sp³-hybridized carbons (Fsp3) is 0. The summed E-state index contributed by atoms with van der Waals surface area (Å²) in [6.45, 7) is 0. The maximum absolute atomic E-state index is 7.67. The monoisotopic (exact) mass is 294 g/mol. The summed E-state index contributed by atoms with van der Waals surface area (Å²) in [7, 11) is 0. The van der Waals surface area contributed by atoms with Gasteiger partial charge in [-0.1, -0.05) is 52.8 Å². The Bertz CT molecular complexity index is 703. The van der Waals surface area contributed by atoms with E-state index in [1.165, 1.54) is 0 Å². The zero-order valence-electron chi connectivity index (χ0n) is 11.6. The highest BCUT2D eigenvalue weighted by Crippen LogP contribution is 2.20. The molecule has 0 aliphatic heterocycles. The first kappa shape index (κ1) is 15.0. The Morgan fingerprint density at radius 3 is 2.18 bits per heavy atom. The van der Waals surface area contributed by atoms with Crippen molar-refractivity contribution in [3.63, 3.8) is 0 Å². The normalized spacial score (nSPS) is 11.4. The molecular weight excluding hydrogens is 280 g/mol. The second-order valence-corrected chi connectivity index (χ2v) is 4.16. The predicted molar refractivity (Wildman–Crippen MR) is 84.9 cm³/mol. The molecule has 0 aromatic heterocycles. The van der Waals surface area contributed by atoms with E-state index < -0.39 is 0 Å². The molecule has 0 heterocycles. The van der Waals surface area contributed by atoms with E-state index in [4.69, 9.17) is 16.8 Å². The number of benzene rings is 2. The van der Waals surface area contributed by atoms with Crippen LogP contribution >= 0.6 is 0 Å². The number of nitrogens with two attached hydrogens (primary N) is 1. The van der Waals surface area contributed by atoms with Crippen molar-refractivity contribution < 1.29 is 0 Å². The first-order valence-electron chi connectivity index (χ1n) is 6.31. The summed E-state index contributed by atoms with van der Waals surface area (Å²) in [6, 6.07) is 17.5. The number of anilines is 1. The summed E-state index contributed by atoms with van der Waals surface area (Å²) in [5.74, 6) is 4.33. The average Bonchev–Trinajstić information content (AvgIpc) is 2.56. The van der Waals surface area contributed by atoms with Gasteiger partial charge in [0.1, 0.15) is 0 Å². The van der Waals surface area contributed by atoms with Gasteiger partial charge in [-0.3, -0.25) is 5.41 Å². The largest absolute Gasteiger partial charge is 0.325 e. The SMILES string of the molecule is N=N/C(N=NN)=N\C(=N)Nc1ccc(-c2ccccc2)cc1. The molecule has 8 nitrogen and oxygen atoms in total. The minimum Gasteiger partial charge on any atom is -0.325 e. The maximum atomic E-state index is 7.67. The van der Waals surface area contributed by atoms with Crippen molar-refractivity contribution in [2.75, 3.05) is 5.32 Å². The molecule has 2 aromatic carbocycles. The Morgan fingerprint density at radius 1 is 0.955 bits per heavy atom. The molecule has 0 bridgehead atoms. The van der Waals surface area contributed by atoms with Gasteiger partial charge in [-0.05, 0) is 23.3 Å². The predicted octanol–water partition coefficient (Wildman–Crippen LogP) is 3.41. The number of hydrogen-bond acceptors (Lipinski definition) is 3. The lowest BCUT2D eigenvalue weighted by molar-refractivity contribution is 1.04. The molecule has 0 unspecified atom stereocenters. The molecule has 0 aliphatic carbocycles. The van der Waals surface area contributed by atoms with Gasteiger partial charge in [-0.25, -0.2) is 5.53 Å². The molecule has 0 saturated heterocycles. The molecule has 2 rings (SSSR count). The number of guanidine groups is 2. The summed E-state index contributed by atoms with van der Waals surface area (Å²) < 4.78 is 0. The standard InChI is InChI=1S/C14H14N8/c15-13(19-14(20-16)21-22-17)18-12-8-6-11(7-9-12)10-4-2-1-3-5-10/h1-9,16H,(H4,15,17,18,19,21). The van der Waals surface area contributed by atoms with Crippen LogP contribution in [0.2, 0.25) is 0 Å². The highest BCUT2D eigenvalue weighted by Gasteiger charge is 2.01. The van der Waals surface area contributed by atoms with E-state index in [-0.39, 0.29) is 11.9 Å². The van der Waals surface area contributed by atoms with E-state index in [1.807, 2.05) is 54.6 Å². The van der Waals surface area contributed by atoms with Crippen LogP contribution in [-0.4, -0.2) is 11.9 Å². The Balaban J connectivity index is 2.08. The van der Waals surface area contributed by atoms with Gasteiger partial charge < -0.3 is 11.2 Å². The van der Waals surface area contributed by atoms with E-state index in [0.717, 1.165) is 11.1 Å². The van der Waals surface area contributed by atoms with Gasteiger partial charge in [0.15, 0.2) is 0 Å². The molecule has 0 aliphatic rings. The van der Waals surface area contributed by atoms with Crippen molar-refractivity contribution in [1.29, 1.82) is 10.9 Å². The minimum atomic E-state index is -0.305. The van der Waals surface area contributed by atoms with Gasteiger partial charge in [0.25, 0.3) is 5.96 Å². The van der Waals surface area contributed by atoms with Gasteiger partial charge in [-0.2, -0.15) is 4.99 Å². The van der Waals surface area contributed by atoms with Crippen LogP contribution in [0.4, 0.5) is 5.69 Å². The number of rotatable bonds is 2. The Kier molecular flexibility index (Phi) is 5.03. The molecule has 8 heteroatoms. The molecule has 0 saturated carbocycles. The molecule has 0 spiro atoms. The molecule has 0 fully saturated rings. The van der Waals surface area contributed by atoms with E-state index in [0.29, 0.717) is 5.69 Å². The van der Waals surface area contributed by atoms with Crippen molar-refractivity contribution in [3.8, 4) is 11.1 Å². The van der Waals surface area contributed by atoms with Gasteiger partial charge in [0.2, 0.25) is 5.96 Å². The Morgan fingerprint density at radius 2 is 1.59 bits per heavy atom. The molecule has 0 atom stereocenters. The highest BCUT2D eigenvalue weighted by molar-refractivity contribution is 6.00. The van der Waals surface area contributed by atoms with Crippen LogP contribution in [0.15, 0.2) is 75.0 Å². The van der Waals surface area contributed by atoms with E-state index in [2.05, 4.69) is 25.8 Å². The number of nitrogens with zero attached hydrogens (tertiary/aromatic N) is 4. The summed E-state index contributed by atoms with van der Waals surface area (Å²) in [6.07, 6.45) is 0. The Hall–Kier alpha value is -3.42. The lowest BCUT2D eigenvalue weighted by atomic mass is 10.1. The molecular formula is C14H14N8. The number of aliphatic imine (C=N–C) groups is 1. The summed E-state index contributed by atoms with van der Waals surface area (Å²) >= 11 is 0. The molecule has 0 radical (unpaired) electrons. The number of hydrogen-bond donors (Lipinski definition) is 4. The van der Waals surface area contributed by atoms with Crippen molar-refractivity contribution in [1.82, 2.24) is 0 Å². The van der Waals surface area contributed by atoms with E-state index >= 15 is 0 Å². The fourth-order valence-corrected chi connectivity index (χ4v) is 1.76. The first-order valence-corrected chi connectivity index (χ1v) is 6.31. The fourth-order valence-electron chi connectivity index (χ4n) is 1.76. The second kappa shape index (κ2) is 7.39. The lowest BCUT2D eigenvalue weighted by Crippen LogP contribution is -2.09. The summed E-state index contributed by atoms with van der Waals surface area (Å²) in [5, 5.41) is 19.7. The van der Waals surface area contributed by atoms with E-state index in [1.54, 1.807) is 0 Å². The smallest absolute Gasteiger partial charge is 0.292 e. The van der Waals surface area contributed by atoms with Crippen LogP contribution < -0.4 is 11.2 Å². The summed E-state index contributed by atoms with van der Waals surface area (Å²) in [5.41, 5.74) is 9.68. The molecule has 5 N–H and O–H groups in total. The van der Waals surface area contributed by atoms with Crippen molar-refractivity contribution in [3.05, 3.63) is 54.6 Å². The third kappa shape index (κ3) is 4.04. The zero-order valence-corrected chi connectivity index (χ0v) is 11.6. The van der Waals surface area contributed by atoms with Crippen LogP contribution in [0.1, 0.15) is 0 Å². The third-order valence-electron chi connectivity index (χ3n) is 2.71. The second-order valence-electron chi connectivity index (χ2n) is 4.16. The molecule has 22 heavy (non-hydrogen) atoms.